The lowest BCUT2D eigenvalue weighted by atomic mass is 10.4. The highest BCUT2D eigenvalue weighted by Gasteiger charge is 2.38. The highest BCUT2D eigenvalue weighted by Crippen LogP contribution is 2.09. The summed E-state index contributed by atoms with van der Waals surface area (Å²) in [5.41, 5.74) is -0.537. The predicted molar refractivity (Wildman–Crippen MR) is 29.5 cm³/mol. The molecule has 1 aliphatic heterocycles. The zero-order valence-electron chi connectivity index (χ0n) is 4.55. The van der Waals surface area contributed by atoms with Crippen molar-refractivity contribution in [2.24, 2.45) is 4.99 Å². The molecule has 0 aromatic heterocycles. The summed E-state index contributed by atoms with van der Waals surface area (Å²) in [6.07, 6.45) is 0.845. The van der Waals surface area contributed by atoms with E-state index < -0.39 is 21.4 Å². The molecule has 7 heteroatoms. The van der Waals surface area contributed by atoms with Crippen molar-refractivity contribution >= 4 is 5.84 Å². The Labute approximate surface area is 54.0 Å². The van der Waals surface area contributed by atoms with E-state index >= 15 is 0 Å². The molecule has 0 saturated heterocycles. The molecule has 10 heavy (non-hydrogen) atoms. The lowest BCUT2D eigenvalue weighted by Gasteiger charge is -1.97. The largest absolute Gasteiger partial charge is 0.446 e. The molecule has 0 N–H and O–H groups in total. The Balaban J connectivity index is 2.73. The molecule has 1 heterocycles. The maximum atomic E-state index is 9.85. The van der Waals surface area contributed by atoms with Crippen LogP contribution in [0.4, 0.5) is 0 Å². The van der Waals surface area contributed by atoms with E-state index in [1.165, 1.54) is 0 Å². The fraction of sp³-hybridized carbons (Fsp3) is 0. The number of hydrogen-bond acceptors (Lipinski definition) is 5. The number of nitro groups is 2. The molecule has 0 aromatic carbocycles. The molecule has 7 nitrogen and oxygen atoms in total. The molecule has 0 fully saturated rings. The van der Waals surface area contributed by atoms with Gasteiger partial charge >= 0.3 is 11.5 Å². The van der Waals surface area contributed by atoms with E-state index in [0.717, 1.165) is 6.20 Å². The average molecular weight is 143 g/mol. The molecular formula is C3HN3O4. The van der Waals surface area contributed by atoms with Crippen LogP contribution < -0.4 is 0 Å². The Hall–Kier alpha value is -1.79. The number of hydrogen-bond donors (Lipinski definition) is 0. The van der Waals surface area contributed by atoms with E-state index in [2.05, 4.69) is 4.99 Å². The maximum absolute atomic E-state index is 9.85. The predicted octanol–water partition coefficient (Wildman–Crippen LogP) is -0.207. The van der Waals surface area contributed by atoms with Crippen molar-refractivity contribution in [3.8, 4) is 0 Å². The SMILES string of the molecule is O=[N+]([O-])C1=CN=C1[N+](=O)[O-]. The first kappa shape index (κ1) is 6.33. The summed E-state index contributed by atoms with van der Waals surface area (Å²) in [7, 11) is 0. The second kappa shape index (κ2) is 1.87. The van der Waals surface area contributed by atoms with Crippen molar-refractivity contribution in [3.05, 3.63) is 32.1 Å². The van der Waals surface area contributed by atoms with Crippen LogP contribution in [-0.4, -0.2) is 15.7 Å². The van der Waals surface area contributed by atoms with Crippen molar-refractivity contribution in [1.82, 2.24) is 0 Å². The Morgan fingerprint density at radius 2 is 1.90 bits per heavy atom. The van der Waals surface area contributed by atoms with Crippen molar-refractivity contribution < 1.29 is 9.85 Å². The zero-order chi connectivity index (χ0) is 7.72. The summed E-state index contributed by atoms with van der Waals surface area (Å²) < 4.78 is 0. The molecule has 0 bridgehead atoms. The second-order valence-electron chi connectivity index (χ2n) is 1.48. The summed E-state index contributed by atoms with van der Waals surface area (Å²) in [4.78, 5) is 21.0. The fourth-order valence-corrected chi connectivity index (χ4v) is 0.449. The van der Waals surface area contributed by atoms with Crippen LogP contribution in [0.5, 0.6) is 0 Å². The lowest BCUT2D eigenvalue weighted by Crippen LogP contribution is -2.24. The van der Waals surface area contributed by atoms with E-state index in [9.17, 15) is 20.2 Å². The molecule has 52 valence electrons. The van der Waals surface area contributed by atoms with Gasteiger partial charge in [0, 0.05) is 0 Å². The Morgan fingerprint density at radius 3 is 2.00 bits per heavy atom. The van der Waals surface area contributed by atoms with Crippen molar-refractivity contribution in [2.75, 3.05) is 0 Å². The monoisotopic (exact) mass is 143 g/mol. The van der Waals surface area contributed by atoms with Crippen LogP contribution >= 0.6 is 0 Å². The molecule has 0 aliphatic carbocycles. The quantitative estimate of drug-likeness (QED) is 0.374. The number of nitrogens with zero attached hydrogens (tertiary/aromatic N) is 3. The van der Waals surface area contributed by atoms with E-state index in [1.807, 2.05) is 0 Å². The minimum absolute atomic E-state index is 0.537. The van der Waals surface area contributed by atoms with Gasteiger partial charge in [0.2, 0.25) is 6.20 Å². The van der Waals surface area contributed by atoms with Crippen LogP contribution in [0.25, 0.3) is 0 Å². The van der Waals surface area contributed by atoms with Gasteiger partial charge < -0.3 is 10.1 Å². The van der Waals surface area contributed by atoms with Crippen molar-refractivity contribution in [2.45, 2.75) is 0 Å². The van der Waals surface area contributed by atoms with Crippen LogP contribution in [0.2, 0.25) is 0 Å². The molecule has 0 saturated carbocycles. The van der Waals surface area contributed by atoms with Gasteiger partial charge in [0.1, 0.15) is 0 Å². The van der Waals surface area contributed by atoms with Gasteiger partial charge in [-0.25, -0.2) is 0 Å². The number of amidine groups is 1. The third kappa shape index (κ3) is 0.729. The molecule has 0 radical (unpaired) electrons. The summed E-state index contributed by atoms with van der Waals surface area (Å²) in [5.74, 6) is -0.676. The van der Waals surface area contributed by atoms with Gasteiger partial charge in [-0.2, -0.15) is 0 Å². The molecule has 0 amide bonds. The molecule has 1 aliphatic rings. The van der Waals surface area contributed by atoms with Crippen molar-refractivity contribution in [1.29, 1.82) is 0 Å². The van der Waals surface area contributed by atoms with Gasteiger partial charge in [-0.1, -0.05) is 0 Å². The van der Waals surface area contributed by atoms with E-state index in [1.54, 1.807) is 0 Å². The standard InChI is InChI=1S/C3HN3O4/c7-5(8)2-1-4-3(2)6(9)10/h1H. The molecule has 0 aromatic rings. The average Bonchev–Trinajstić information content (AvgIpc) is 1.56. The highest BCUT2D eigenvalue weighted by atomic mass is 16.6. The minimum atomic E-state index is -0.891. The Kier molecular flexibility index (Phi) is 1.18. The van der Waals surface area contributed by atoms with Gasteiger partial charge in [-0.05, 0) is 9.92 Å². The maximum Gasteiger partial charge on any atom is 0.446 e. The second-order valence-corrected chi connectivity index (χ2v) is 1.48. The van der Waals surface area contributed by atoms with Crippen LogP contribution in [0.15, 0.2) is 16.9 Å². The first-order chi connectivity index (χ1) is 4.63. The Bertz CT molecular complexity index is 237. The van der Waals surface area contributed by atoms with Crippen LogP contribution in [-0.2, 0) is 0 Å². The van der Waals surface area contributed by atoms with Gasteiger partial charge in [0.25, 0.3) is 0 Å². The molecule has 0 atom stereocenters. The zero-order valence-corrected chi connectivity index (χ0v) is 4.55. The van der Waals surface area contributed by atoms with Crippen LogP contribution in [0.1, 0.15) is 0 Å². The van der Waals surface area contributed by atoms with Crippen molar-refractivity contribution in [3.63, 3.8) is 0 Å². The lowest BCUT2D eigenvalue weighted by molar-refractivity contribution is -0.440. The molecule has 0 spiro atoms. The minimum Gasteiger partial charge on any atom is -0.358 e. The summed E-state index contributed by atoms with van der Waals surface area (Å²) in [6, 6.07) is 0. The van der Waals surface area contributed by atoms with Gasteiger partial charge in [0.05, 0.1) is 4.92 Å². The van der Waals surface area contributed by atoms with E-state index in [-0.39, 0.29) is 0 Å². The number of aliphatic imine (C=N–C) groups is 1. The van der Waals surface area contributed by atoms with E-state index in [0.29, 0.717) is 0 Å². The normalized spacial score (nSPS) is 14.8. The first-order valence-electron chi connectivity index (χ1n) is 2.20. The smallest absolute Gasteiger partial charge is 0.358 e. The molecular weight excluding hydrogens is 142 g/mol. The van der Waals surface area contributed by atoms with Crippen LogP contribution in [0, 0.1) is 20.2 Å². The van der Waals surface area contributed by atoms with Gasteiger partial charge in [-0.15, -0.1) is 0 Å². The Morgan fingerprint density at radius 1 is 1.30 bits per heavy atom. The summed E-state index contributed by atoms with van der Waals surface area (Å²) in [6.45, 7) is 0. The molecule has 1 rings (SSSR count). The highest BCUT2D eigenvalue weighted by molar-refractivity contribution is 5.94. The third-order valence-corrected chi connectivity index (χ3v) is 0.908. The van der Waals surface area contributed by atoms with Gasteiger partial charge in [-0.3, -0.25) is 10.1 Å². The van der Waals surface area contributed by atoms with E-state index in [4.69, 9.17) is 0 Å². The number of rotatable bonds is 1. The molecule has 0 unspecified atom stereocenters. The first-order valence-corrected chi connectivity index (χ1v) is 2.20. The summed E-state index contributed by atoms with van der Waals surface area (Å²) in [5, 5.41) is 19.7. The topological polar surface area (TPSA) is 98.6 Å². The summed E-state index contributed by atoms with van der Waals surface area (Å²) >= 11 is 0. The fourth-order valence-electron chi connectivity index (χ4n) is 0.449. The van der Waals surface area contributed by atoms with Gasteiger partial charge in [0.15, 0.2) is 0 Å². The van der Waals surface area contributed by atoms with Crippen LogP contribution in [0.3, 0.4) is 0 Å². The third-order valence-electron chi connectivity index (χ3n) is 0.908.